The molecular weight excluding hydrogens is 588 g/mol. The van der Waals surface area contributed by atoms with Crippen LogP contribution in [0.15, 0.2) is 54.6 Å². The van der Waals surface area contributed by atoms with Gasteiger partial charge >= 0.3 is 6.03 Å². The van der Waals surface area contributed by atoms with Gasteiger partial charge in [0, 0.05) is 17.3 Å². The number of unbranched alkanes of at least 4 members (excludes halogenated alkanes) is 1. The molecule has 0 aromatic heterocycles. The molecule has 0 aliphatic heterocycles. The first-order valence-electron chi connectivity index (χ1n) is 15.5. The molecule has 1 atom stereocenters. The molecular formula is C36H45ClN4O4. The predicted octanol–water partition coefficient (Wildman–Crippen LogP) is 9.51. The third kappa shape index (κ3) is 9.15. The Hall–Kier alpha value is -4.22. The number of carbonyl (C=O) groups is 2. The average Bonchev–Trinajstić information content (AvgIpc) is 3.01. The van der Waals surface area contributed by atoms with Crippen LogP contribution in [0, 0.1) is 11.3 Å². The number of halogens is 1. The number of nitrogens with one attached hydrogen (secondary N) is 3. The molecule has 0 spiro atoms. The lowest BCUT2D eigenvalue weighted by molar-refractivity contribution is -0.123. The second-order valence-corrected chi connectivity index (χ2v) is 12.9. The molecule has 3 aromatic carbocycles. The molecule has 3 amide bonds. The summed E-state index contributed by atoms with van der Waals surface area (Å²) < 4.78 is 6.49. The maximum atomic E-state index is 13.6. The number of phenols is 1. The van der Waals surface area contributed by atoms with Crippen molar-refractivity contribution in [3.8, 4) is 17.6 Å². The van der Waals surface area contributed by atoms with Crippen molar-refractivity contribution in [2.45, 2.75) is 97.5 Å². The van der Waals surface area contributed by atoms with Crippen molar-refractivity contribution in [3.63, 3.8) is 0 Å². The monoisotopic (exact) mass is 632 g/mol. The highest BCUT2D eigenvalue weighted by atomic mass is 35.5. The second kappa shape index (κ2) is 15.2. The van der Waals surface area contributed by atoms with Crippen molar-refractivity contribution in [1.29, 1.82) is 5.26 Å². The fourth-order valence-corrected chi connectivity index (χ4v) is 4.86. The van der Waals surface area contributed by atoms with Gasteiger partial charge in [-0.1, -0.05) is 78.6 Å². The van der Waals surface area contributed by atoms with Crippen molar-refractivity contribution in [2.24, 2.45) is 0 Å². The molecule has 45 heavy (non-hydrogen) atoms. The Kier molecular flexibility index (Phi) is 11.9. The van der Waals surface area contributed by atoms with Crippen LogP contribution in [0.25, 0.3) is 0 Å². The van der Waals surface area contributed by atoms with Gasteiger partial charge in [-0.15, -0.1) is 0 Å². The smallest absolute Gasteiger partial charge is 0.323 e. The van der Waals surface area contributed by atoms with E-state index in [1.165, 1.54) is 17.7 Å². The summed E-state index contributed by atoms with van der Waals surface area (Å²) in [6.45, 7) is 15.2. The number of anilines is 3. The van der Waals surface area contributed by atoms with Crippen molar-refractivity contribution in [3.05, 3.63) is 76.3 Å². The molecule has 8 nitrogen and oxygen atoms in total. The minimum absolute atomic E-state index is 0.000170. The standard InChI is InChI=1S/C36H45ClN4O4/c1-8-11-12-32(45-31-18-15-24(35(4,5)9-2)19-26(31)36(6,7)10-3)33(43)40-28-21-30(42)29(20-27(28)37)41-34(44)39-25-16-13-23(22-38)14-17-25/h13-21,32,42H,8-12H2,1-7H3,(H,40,43)(H2,39,41,44). The van der Waals surface area contributed by atoms with E-state index in [2.05, 4.69) is 76.5 Å². The molecule has 0 fully saturated rings. The van der Waals surface area contributed by atoms with E-state index in [4.69, 9.17) is 21.6 Å². The van der Waals surface area contributed by atoms with Crippen molar-refractivity contribution in [2.75, 3.05) is 16.0 Å². The molecule has 0 aliphatic carbocycles. The molecule has 3 rings (SSSR count). The van der Waals surface area contributed by atoms with Crippen LogP contribution in [0.2, 0.25) is 5.02 Å². The van der Waals surface area contributed by atoms with Crippen LogP contribution >= 0.6 is 11.6 Å². The van der Waals surface area contributed by atoms with E-state index < -0.39 is 12.1 Å². The summed E-state index contributed by atoms with van der Waals surface area (Å²) in [4.78, 5) is 26.1. The van der Waals surface area contributed by atoms with Gasteiger partial charge in [-0.2, -0.15) is 5.26 Å². The maximum Gasteiger partial charge on any atom is 0.323 e. The fraction of sp³-hybridized carbons (Fsp3) is 0.417. The molecule has 3 aromatic rings. The van der Waals surface area contributed by atoms with Crippen LogP contribution in [0.5, 0.6) is 11.5 Å². The molecule has 0 aliphatic rings. The Bertz CT molecular complexity index is 1540. The lowest BCUT2D eigenvalue weighted by atomic mass is 9.76. The zero-order chi connectivity index (χ0) is 33.4. The summed E-state index contributed by atoms with van der Waals surface area (Å²) in [5.41, 5.74) is 3.29. The Labute approximate surface area is 272 Å². The number of nitrogens with zero attached hydrogens (tertiary/aromatic N) is 1. The predicted molar refractivity (Wildman–Crippen MR) is 183 cm³/mol. The molecule has 9 heteroatoms. The largest absolute Gasteiger partial charge is 0.506 e. The van der Waals surface area contributed by atoms with E-state index >= 15 is 0 Å². The van der Waals surface area contributed by atoms with Crippen molar-refractivity contribution >= 4 is 40.6 Å². The number of ether oxygens (including phenoxy) is 1. The Balaban J connectivity index is 1.82. The van der Waals surface area contributed by atoms with Gasteiger partial charge in [0.05, 0.1) is 28.0 Å². The van der Waals surface area contributed by atoms with Crippen LogP contribution in [-0.4, -0.2) is 23.1 Å². The van der Waals surface area contributed by atoms with Crippen LogP contribution in [0.3, 0.4) is 0 Å². The number of hydrogen-bond donors (Lipinski definition) is 4. The van der Waals surface area contributed by atoms with Gasteiger partial charge in [-0.05, 0) is 78.5 Å². The van der Waals surface area contributed by atoms with Gasteiger partial charge in [0.1, 0.15) is 11.5 Å². The number of carbonyl (C=O) groups excluding carboxylic acids is 2. The SMILES string of the molecule is CCCCC(Oc1ccc(C(C)(C)CC)cc1C(C)(C)CC)C(=O)Nc1cc(O)c(NC(=O)Nc2ccc(C#N)cc2)cc1Cl. The minimum Gasteiger partial charge on any atom is -0.506 e. The first kappa shape index (κ1) is 35.3. The highest BCUT2D eigenvalue weighted by Gasteiger charge is 2.29. The lowest BCUT2D eigenvalue weighted by Crippen LogP contribution is -2.34. The number of aromatic hydroxyl groups is 1. The topological polar surface area (TPSA) is 123 Å². The third-order valence-corrected chi connectivity index (χ3v) is 8.82. The maximum absolute atomic E-state index is 13.6. The minimum atomic E-state index is -0.796. The number of nitriles is 1. The van der Waals surface area contributed by atoms with Crippen LogP contribution < -0.4 is 20.7 Å². The summed E-state index contributed by atoms with van der Waals surface area (Å²) in [6.07, 6.45) is 3.25. The van der Waals surface area contributed by atoms with Crippen molar-refractivity contribution in [1.82, 2.24) is 0 Å². The van der Waals surface area contributed by atoms with E-state index in [-0.39, 0.29) is 38.9 Å². The Morgan fingerprint density at radius 2 is 1.58 bits per heavy atom. The van der Waals surface area contributed by atoms with Gasteiger partial charge in [-0.25, -0.2) is 4.79 Å². The molecule has 0 radical (unpaired) electrons. The molecule has 0 saturated carbocycles. The van der Waals surface area contributed by atoms with Crippen LogP contribution in [0.4, 0.5) is 21.9 Å². The molecule has 0 bridgehead atoms. The number of benzene rings is 3. The zero-order valence-electron chi connectivity index (χ0n) is 27.3. The lowest BCUT2D eigenvalue weighted by Gasteiger charge is -2.31. The van der Waals surface area contributed by atoms with E-state index in [0.717, 1.165) is 31.2 Å². The van der Waals surface area contributed by atoms with Gasteiger partial charge in [0.15, 0.2) is 6.10 Å². The van der Waals surface area contributed by atoms with E-state index in [0.29, 0.717) is 23.4 Å². The molecule has 0 saturated heterocycles. The van der Waals surface area contributed by atoms with Crippen LogP contribution in [0.1, 0.15) is 97.3 Å². The van der Waals surface area contributed by atoms with E-state index in [1.807, 2.05) is 12.1 Å². The number of hydrogen-bond acceptors (Lipinski definition) is 5. The highest BCUT2D eigenvalue weighted by molar-refractivity contribution is 6.34. The molecule has 0 heterocycles. The second-order valence-electron chi connectivity index (χ2n) is 12.5. The van der Waals surface area contributed by atoms with Gasteiger partial charge in [-0.3, -0.25) is 4.79 Å². The highest BCUT2D eigenvalue weighted by Crippen LogP contribution is 2.39. The first-order valence-corrected chi connectivity index (χ1v) is 15.9. The Morgan fingerprint density at radius 3 is 2.18 bits per heavy atom. The number of urea groups is 1. The normalized spacial score (nSPS) is 12.2. The number of amides is 3. The summed E-state index contributed by atoms with van der Waals surface area (Å²) >= 11 is 6.50. The summed E-state index contributed by atoms with van der Waals surface area (Å²) in [7, 11) is 0. The van der Waals surface area contributed by atoms with Crippen LogP contribution in [-0.2, 0) is 15.6 Å². The Morgan fingerprint density at radius 1 is 0.911 bits per heavy atom. The van der Waals surface area contributed by atoms with Crippen molar-refractivity contribution < 1.29 is 19.4 Å². The average molecular weight is 633 g/mol. The third-order valence-electron chi connectivity index (χ3n) is 8.50. The van der Waals surface area contributed by atoms with E-state index in [9.17, 15) is 14.7 Å². The van der Waals surface area contributed by atoms with E-state index in [1.54, 1.807) is 24.3 Å². The summed E-state index contributed by atoms with van der Waals surface area (Å²) in [5, 5.41) is 27.7. The zero-order valence-corrected chi connectivity index (χ0v) is 28.1. The number of phenolic OH excluding ortho intramolecular Hbond substituents is 1. The van der Waals surface area contributed by atoms with Gasteiger partial charge in [0.25, 0.3) is 5.91 Å². The molecule has 4 N–H and O–H groups in total. The van der Waals surface area contributed by atoms with Gasteiger partial charge < -0.3 is 25.8 Å². The summed E-state index contributed by atoms with van der Waals surface area (Å²) in [5.74, 6) is 0.00887. The first-order chi connectivity index (χ1) is 21.2. The number of rotatable bonds is 13. The molecule has 240 valence electrons. The fourth-order valence-electron chi connectivity index (χ4n) is 4.65. The summed E-state index contributed by atoms with van der Waals surface area (Å²) in [6, 6.07) is 16.7. The van der Waals surface area contributed by atoms with Gasteiger partial charge in [0.2, 0.25) is 0 Å². The quantitative estimate of drug-likeness (QED) is 0.140. The molecule has 1 unspecified atom stereocenters.